The summed E-state index contributed by atoms with van der Waals surface area (Å²) in [6, 6.07) is 0. The molecule has 1 heterocycles. The smallest absolute Gasteiger partial charge is 0.135 e. The van der Waals surface area contributed by atoms with Gasteiger partial charge in [0.05, 0.1) is 0 Å². The summed E-state index contributed by atoms with van der Waals surface area (Å²) >= 11 is 5.43. The van der Waals surface area contributed by atoms with Crippen LogP contribution in [0.4, 0.5) is 0 Å². The number of alkyl halides is 1. The first kappa shape index (κ1) is 11.4. The first-order chi connectivity index (χ1) is 6.20. The third kappa shape index (κ3) is 2.64. The molecule has 1 aliphatic heterocycles. The summed E-state index contributed by atoms with van der Waals surface area (Å²) in [5.41, 5.74) is 1.32. The molecule has 0 radical (unpaired) electrons. The summed E-state index contributed by atoms with van der Waals surface area (Å²) in [4.78, 5) is 3.66. The van der Waals surface area contributed by atoms with Gasteiger partial charge in [-0.1, -0.05) is 34.6 Å². The Morgan fingerprint density at radius 3 is 2.85 bits per heavy atom. The number of hydrogen-bond donors (Lipinski definition) is 1. The van der Waals surface area contributed by atoms with Gasteiger partial charge in [-0.15, -0.1) is 0 Å². The van der Waals surface area contributed by atoms with E-state index in [1.807, 2.05) is 11.8 Å². The van der Waals surface area contributed by atoms with E-state index in [2.05, 4.69) is 34.7 Å². The lowest BCUT2D eigenvalue weighted by molar-refractivity contribution is 0.300. The maximum atomic E-state index is 8.87. The molecule has 0 saturated heterocycles. The van der Waals surface area contributed by atoms with Gasteiger partial charge in [0, 0.05) is 30.2 Å². The minimum Gasteiger partial charge on any atom is -0.396 e. The van der Waals surface area contributed by atoms with Gasteiger partial charge in [0.15, 0.2) is 0 Å². The molecule has 76 valence electrons. The van der Waals surface area contributed by atoms with Gasteiger partial charge in [0.2, 0.25) is 0 Å². The molecule has 13 heavy (non-hydrogen) atoms. The molecule has 1 rings (SSSR count). The quantitative estimate of drug-likeness (QED) is 0.625. The van der Waals surface area contributed by atoms with Crippen molar-refractivity contribution in [2.24, 2.45) is 0 Å². The molecule has 0 bridgehead atoms. The van der Waals surface area contributed by atoms with Crippen LogP contribution in [-0.4, -0.2) is 27.4 Å². The highest BCUT2D eigenvalue weighted by atomic mass is 79.9. The van der Waals surface area contributed by atoms with Gasteiger partial charge < -0.3 is 10.0 Å². The highest BCUT2D eigenvalue weighted by molar-refractivity contribution is 9.11. The van der Waals surface area contributed by atoms with Crippen molar-refractivity contribution in [1.29, 1.82) is 0 Å². The lowest BCUT2D eigenvalue weighted by atomic mass is 10.3. The number of aliphatic hydroxyl groups is 1. The second-order valence-corrected chi connectivity index (χ2v) is 5.73. The van der Waals surface area contributed by atoms with Gasteiger partial charge in [0.1, 0.15) is 4.28 Å². The lowest BCUT2D eigenvalue weighted by Gasteiger charge is -2.22. The molecule has 0 aromatic heterocycles. The standard InChI is InChI=1S/C9H16BrNOS/c1-3-5-11-7(2)8(4-6-12)13-9(11)10/h9,12H,3-6H2,1-2H3. The number of aliphatic hydroxyl groups excluding tert-OH is 1. The summed E-state index contributed by atoms with van der Waals surface area (Å²) in [7, 11) is 0. The van der Waals surface area contributed by atoms with Crippen molar-refractivity contribution in [3.05, 3.63) is 10.6 Å². The van der Waals surface area contributed by atoms with Gasteiger partial charge in [0.25, 0.3) is 0 Å². The van der Waals surface area contributed by atoms with E-state index in [1.165, 1.54) is 10.6 Å². The van der Waals surface area contributed by atoms with Crippen molar-refractivity contribution >= 4 is 27.7 Å². The van der Waals surface area contributed by atoms with Crippen molar-refractivity contribution in [2.75, 3.05) is 13.2 Å². The topological polar surface area (TPSA) is 23.5 Å². The summed E-state index contributed by atoms with van der Waals surface area (Å²) in [5.74, 6) is 0. The number of allylic oxidation sites excluding steroid dienone is 1. The second kappa shape index (κ2) is 5.27. The number of halogens is 1. The van der Waals surface area contributed by atoms with Crippen LogP contribution in [0.15, 0.2) is 10.6 Å². The molecule has 0 spiro atoms. The van der Waals surface area contributed by atoms with Gasteiger partial charge in [-0.25, -0.2) is 0 Å². The maximum absolute atomic E-state index is 8.87. The highest BCUT2D eigenvalue weighted by Gasteiger charge is 2.26. The number of hydrogen-bond acceptors (Lipinski definition) is 3. The average molecular weight is 266 g/mol. The Balaban J connectivity index is 2.63. The van der Waals surface area contributed by atoms with Crippen LogP contribution in [0.5, 0.6) is 0 Å². The molecule has 0 amide bonds. The molecule has 2 nitrogen and oxygen atoms in total. The van der Waals surface area contributed by atoms with Crippen molar-refractivity contribution < 1.29 is 5.11 Å². The van der Waals surface area contributed by atoms with Crippen molar-refractivity contribution in [1.82, 2.24) is 4.90 Å². The van der Waals surface area contributed by atoms with E-state index < -0.39 is 0 Å². The molecule has 0 aromatic rings. The Morgan fingerprint density at radius 2 is 2.31 bits per heavy atom. The third-order valence-corrected chi connectivity index (χ3v) is 4.41. The van der Waals surface area contributed by atoms with E-state index in [0.29, 0.717) is 4.28 Å². The van der Waals surface area contributed by atoms with Crippen LogP contribution in [0.25, 0.3) is 0 Å². The van der Waals surface area contributed by atoms with Crippen molar-refractivity contribution in [2.45, 2.75) is 31.0 Å². The molecule has 1 atom stereocenters. The van der Waals surface area contributed by atoms with E-state index >= 15 is 0 Å². The second-order valence-electron chi connectivity index (χ2n) is 3.09. The first-order valence-corrected chi connectivity index (χ1v) is 6.38. The van der Waals surface area contributed by atoms with Crippen LogP contribution in [0.1, 0.15) is 26.7 Å². The third-order valence-electron chi connectivity index (χ3n) is 2.12. The molecule has 0 aliphatic carbocycles. The van der Waals surface area contributed by atoms with Gasteiger partial charge >= 0.3 is 0 Å². The largest absolute Gasteiger partial charge is 0.396 e. The zero-order valence-corrected chi connectivity index (χ0v) is 10.5. The highest BCUT2D eigenvalue weighted by Crippen LogP contribution is 2.42. The Kier molecular flexibility index (Phi) is 4.62. The molecule has 0 aromatic carbocycles. The van der Waals surface area contributed by atoms with Gasteiger partial charge in [-0.3, -0.25) is 0 Å². The Morgan fingerprint density at radius 1 is 1.62 bits per heavy atom. The van der Waals surface area contributed by atoms with Crippen LogP contribution in [0.2, 0.25) is 0 Å². The van der Waals surface area contributed by atoms with E-state index in [1.54, 1.807) is 0 Å². The van der Waals surface area contributed by atoms with Crippen LogP contribution in [0.3, 0.4) is 0 Å². The number of nitrogens with zero attached hydrogens (tertiary/aromatic N) is 1. The molecular weight excluding hydrogens is 250 g/mol. The average Bonchev–Trinajstić information content (AvgIpc) is 2.34. The summed E-state index contributed by atoms with van der Waals surface area (Å²) in [6.07, 6.45) is 1.95. The Labute approximate surface area is 92.5 Å². The number of rotatable bonds is 4. The van der Waals surface area contributed by atoms with Crippen LogP contribution < -0.4 is 0 Å². The number of thioether (sulfide) groups is 1. The van der Waals surface area contributed by atoms with Crippen LogP contribution in [0, 0.1) is 0 Å². The summed E-state index contributed by atoms with van der Waals surface area (Å²) < 4.78 is 0.369. The fourth-order valence-corrected chi connectivity index (χ4v) is 3.74. The zero-order chi connectivity index (χ0) is 9.84. The summed E-state index contributed by atoms with van der Waals surface area (Å²) in [5, 5.41) is 8.87. The minimum atomic E-state index is 0.249. The molecule has 1 unspecified atom stereocenters. The Hall–Kier alpha value is 0.330. The van der Waals surface area contributed by atoms with Crippen LogP contribution >= 0.6 is 27.7 Å². The predicted octanol–water partition coefficient (Wildman–Crippen LogP) is 2.74. The first-order valence-electron chi connectivity index (χ1n) is 4.58. The van der Waals surface area contributed by atoms with Crippen molar-refractivity contribution in [3.8, 4) is 0 Å². The molecule has 1 N–H and O–H groups in total. The SMILES string of the molecule is CCCN1C(C)=C(CCO)SC1Br. The molecular formula is C9H16BrNOS. The van der Waals surface area contributed by atoms with Crippen molar-refractivity contribution in [3.63, 3.8) is 0 Å². The monoisotopic (exact) mass is 265 g/mol. The normalized spacial score (nSPS) is 23.1. The lowest BCUT2D eigenvalue weighted by Crippen LogP contribution is -2.23. The fourth-order valence-electron chi connectivity index (χ4n) is 1.43. The van der Waals surface area contributed by atoms with Gasteiger partial charge in [-0.2, -0.15) is 0 Å². The van der Waals surface area contributed by atoms with E-state index in [-0.39, 0.29) is 6.61 Å². The van der Waals surface area contributed by atoms with E-state index in [0.717, 1.165) is 19.4 Å². The Bertz CT molecular complexity index is 208. The summed E-state index contributed by atoms with van der Waals surface area (Å²) in [6.45, 7) is 5.65. The van der Waals surface area contributed by atoms with E-state index in [4.69, 9.17) is 5.11 Å². The van der Waals surface area contributed by atoms with Gasteiger partial charge in [-0.05, 0) is 13.3 Å². The zero-order valence-electron chi connectivity index (χ0n) is 8.09. The molecule has 1 aliphatic rings. The molecule has 4 heteroatoms. The fraction of sp³-hybridized carbons (Fsp3) is 0.778. The minimum absolute atomic E-state index is 0.249. The predicted molar refractivity (Wildman–Crippen MR) is 61.7 cm³/mol. The maximum Gasteiger partial charge on any atom is 0.135 e. The van der Waals surface area contributed by atoms with E-state index in [9.17, 15) is 0 Å². The van der Waals surface area contributed by atoms with Crippen LogP contribution in [-0.2, 0) is 0 Å². The molecule has 0 saturated carbocycles. The molecule has 0 fully saturated rings.